The van der Waals surface area contributed by atoms with Gasteiger partial charge >= 0.3 is 0 Å². The number of carbonyl (C=O) groups excluding carboxylic acids is 1. The van der Waals surface area contributed by atoms with Gasteiger partial charge in [-0.3, -0.25) is 4.79 Å². The van der Waals surface area contributed by atoms with Crippen LogP contribution in [0.3, 0.4) is 0 Å². The first-order valence-corrected chi connectivity index (χ1v) is 5.86. The fourth-order valence-electron chi connectivity index (χ4n) is 1.11. The van der Waals surface area contributed by atoms with Crippen molar-refractivity contribution in [1.29, 1.82) is 0 Å². The topological polar surface area (TPSA) is 17.1 Å². The average Bonchev–Trinajstić information content (AvgIpc) is 2.12. The molecule has 14 heavy (non-hydrogen) atoms. The molecule has 0 bridgehead atoms. The summed E-state index contributed by atoms with van der Waals surface area (Å²) in [5.74, 6) is -0.0264. The monoisotopic (exact) mass is 232 g/mol. The van der Waals surface area contributed by atoms with Crippen molar-refractivity contribution < 1.29 is 9.18 Å². The maximum Gasteiger partial charge on any atom is 0.147 e. The van der Waals surface area contributed by atoms with Gasteiger partial charge in [0.05, 0.1) is 5.75 Å². The van der Waals surface area contributed by atoms with E-state index < -0.39 is 5.82 Å². The molecule has 0 saturated carbocycles. The Hall–Kier alpha value is -0.540. The number of Topliss-reactive ketones (excluding diaryl/α,β-unsaturated/α-hetero) is 1. The first kappa shape index (κ1) is 11.5. The lowest BCUT2D eigenvalue weighted by atomic mass is 10.1. The van der Waals surface area contributed by atoms with E-state index in [9.17, 15) is 9.18 Å². The number of carbonyl (C=O) groups is 1. The van der Waals surface area contributed by atoms with E-state index in [-0.39, 0.29) is 12.2 Å². The molecule has 0 amide bonds. The lowest BCUT2D eigenvalue weighted by Gasteiger charge is -2.03. The molecule has 1 aromatic rings. The zero-order chi connectivity index (χ0) is 10.6. The van der Waals surface area contributed by atoms with Gasteiger partial charge in [0.2, 0.25) is 0 Å². The second kappa shape index (κ2) is 5.37. The summed E-state index contributed by atoms with van der Waals surface area (Å²) in [5.41, 5.74) is 0.299. The normalized spacial score (nSPS) is 10.2. The largest absolute Gasteiger partial charge is 0.298 e. The zero-order valence-electron chi connectivity index (χ0n) is 7.72. The molecule has 4 heteroatoms. The Labute approximate surface area is 91.6 Å². The lowest BCUT2D eigenvalue weighted by molar-refractivity contribution is -0.116. The fourth-order valence-corrected chi connectivity index (χ4v) is 1.76. The Balaban J connectivity index is 2.80. The number of thioether (sulfide) groups is 1. The maximum absolute atomic E-state index is 13.2. The number of hydrogen-bond donors (Lipinski definition) is 0. The van der Waals surface area contributed by atoms with Gasteiger partial charge in [0.25, 0.3) is 0 Å². The van der Waals surface area contributed by atoms with E-state index in [2.05, 4.69) is 0 Å². The van der Waals surface area contributed by atoms with E-state index in [0.29, 0.717) is 16.3 Å². The molecule has 0 fully saturated rings. The SMILES string of the molecule is CSCC(=O)Cc1c(F)cccc1Cl. The van der Waals surface area contributed by atoms with Crippen molar-refractivity contribution >= 4 is 29.1 Å². The highest BCUT2D eigenvalue weighted by molar-refractivity contribution is 7.99. The number of halogens is 2. The van der Waals surface area contributed by atoms with Crippen molar-refractivity contribution in [3.05, 3.63) is 34.6 Å². The molecular formula is C10H10ClFOS. The second-order valence-electron chi connectivity index (χ2n) is 2.85. The van der Waals surface area contributed by atoms with Gasteiger partial charge in [-0.15, -0.1) is 0 Å². The summed E-state index contributed by atoms with van der Waals surface area (Å²) in [4.78, 5) is 11.3. The molecule has 0 aliphatic carbocycles. The second-order valence-corrected chi connectivity index (χ2v) is 4.12. The Morgan fingerprint density at radius 2 is 2.29 bits per heavy atom. The van der Waals surface area contributed by atoms with Crippen LogP contribution in [0.25, 0.3) is 0 Å². The minimum atomic E-state index is -0.410. The van der Waals surface area contributed by atoms with Crippen LogP contribution in [0.5, 0.6) is 0 Å². The molecule has 0 saturated heterocycles. The van der Waals surface area contributed by atoms with Gasteiger partial charge in [-0.25, -0.2) is 4.39 Å². The van der Waals surface area contributed by atoms with Crippen LogP contribution >= 0.6 is 23.4 Å². The summed E-state index contributed by atoms with van der Waals surface area (Å²) < 4.78 is 13.2. The molecule has 1 rings (SSSR count). The summed E-state index contributed by atoms with van der Waals surface area (Å²) in [7, 11) is 0. The smallest absolute Gasteiger partial charge is 0.147 e. The van der Waals surface area contributed by atoms with Crippen molar-refractivity contribution in [1.82, 2.24) is 0 Å². The number of ketones is 1. The first-order chi connectivity index (χ1) is 6.65. The predicted octanol–water partition coefficient (Wildman–Crippen LogP) is 2.95. The standard InChI is InChI=1S/C10H10ClFOS/c1-14-6-7(13)5-8-9(11)3-2-4-10(8)12/h2-4H,5-6H2,1H3. The Morgan fingerprint density at radius 1 is 1.57 bits per heavy atom. The van der Waals surface area contributed by atoms with Gasteiger partial charge in [-0.05, 0) is 18.4 Å². The third kappa shape index (κ3) is 3.00. The van der Waals surface area contributed by atoms with Crippen LogP contribution in [0.15, 0.2) is 18.2 Å². The van der Waals surface area contributed by atoms with E-state index in [1.54, 1.807) is 6.07 Å². The molecule has 0 heterocycles. The van der Waals surface area contributed by atoms with Crippen LogP contribution in [0.1, 0.15) is 5.56 Å². The highest BCUT2D eigenvalue weighted by Crippen LogP contribution is 2.19. The van der Waals surface area contributed by atoms with E-state index in [1.807, 2.05) is 6.26 Å². The highest BCUT2D eigenvalue weighted by Gasteiger charge is 2.10. The van der Waals surface area contributed by atoms with E-state index >= 15 is 0 Å². The van der Waals surface area contributed by atoms with Crippen LogP contribution in [0.4, 0.5) is 4.39 Å². The number of hydrogen-bond acceptors (Lipinski definition) is 2. The fraction of sp³-hybridized carbons (Fsp3) is 0.300. The van der Waals surface area contributed by atoms with Crippen molar-refractivity contribution in [2.24, 2.45) is 0 Å². The van der Waals surface area contributed by atoms with Gasteiger partial charge in [0.1, 0.15) is 11.6 Å². The molecular weight excluding hydrogens is 223 g/mol. The Kier molecular flexibility index (Phi) is 4.42. The molecule has 1 nitrogen and oxygen atoms in total. The molecule has 0 radical (unpaired) electrons. The summed E-state index contributed by atoms with van der Waals surface area (Å²) in [6.45, 7) is 0. The third-order valence-electron chi connectivity index (χ3n) is 1.74. The van der Waals surface area contributed by atoms with Crippen molar-refractivity contribution in [3.63, 3.8) is 0 Å². The Morgan fingerprint density at radius 3 is 2.86 bits per heavy atom. The zero-order valence-corrected chi connectivity index (χ0v) is 9.29. The van der Waals surface area contributed by atoms with E-state index in [1.165, 1.54) is 23.9 Å². The maximum atomic E-state index is 13.2. The molecule has 76 valence electrons. The first-order valence-electron chi connectivity index (χ1n) is 4.08. The van der Waals surface area contributed by atoms with E-state index in [4.69, 9.17) is 11.6 Å². The van der Waals surface area contributed by atoms with Crippen LogP contribution in [-0.2, 0) is 11.2 Å². The van der Waals surface area contributed by atoms with Gasteiger partial charge in [0.15, 0.2) is 0 Å². The predicted molar refractivity (Wildman–Crippen MR) is 58.5 cm³/mol. The number of rotatable bonds is 4. The third-order valence-corrected chi connectivity index (χ3v) is 2.71. The molecule has 0 N–H and O–H groups in total. The lowest BCUT2D eigenvalue weighted by Crippen LogP contribution is -2.07. The molecule has 0 atom stereocenters. The van der Waals surface area contributed by atoms with Crippen molar-refractivity contribution in [3.8, 4) is 0 Å². The van der Waals surface area contributed by atoms with Crippen LogP contribution in [-0.4, -0.2) is 17.8 Å². The van der Waals surface area contributed by atoms with Gasteiger partial charge < -0.3 is 0 Å². The molecule has 0 aliphatic rings. The quantitative estimate of drug-likeness (QED) is 0.794. The summed E-state index contributed by atoms with van der Waals surface area (Å²) in [5, 5.41) is 0.319. The average molecular weight is 233 g/mol. The number of benzene rings is 1. The van der Waals surface area contributed by atoms with Crippen molar-refractivity contribution in [2.75, 3.05) is 12.0 Å². The van der Waals surface area contributed by atoms with Gasteiger partial charge in [-0.2, -0.15) is 11.8 Å². The van der Waals surface area contributed by atoms with E-state index in [0.717, 1.165) is 0 Å². The highest BCUT2D eigenvalue weighted by atomic mass is 35.5. The van der Waals surface area contributed by atoms with Gasteiger partial charge in [-0.1, -0.05) is 17.7 Å². The molecule has 0 spiro atoms. The summed E-state index contributed by atoms with van der Waals surface area (Å²) in [6.07, 6.45) is 1.91. The molecule has 0 aliphatic heterocycles. The minimum absolute atomic E-state index is 0.00972. The summed E-state index contributed by atoms with van der Waals surface area (Å²) in [6, 6.07) is 4.43. The van der Waals surface area contributed by atoms with Crippen LogP contribution in [0, 0.1) is 5.82 Å². The van der Waals surface area contributed by atoms with Gasteiger partial charge in [0, 0.05) is 17.0 Å². The molecule has 0 aromatic heterocycles. The summed E-state index contributed by atoms with van der Waals surface area (Å²) >= 11 is 7.20. The molecule has 1 aromatic carbocycles. The Bertz CT molecular complexity index is 321. The molecule has 0 unspecified atom stereocenters. The minimum Gasteiger partial charge on any atom is -0.298 e. The van der Waals surface area contributed by atoms with Crippen LogP contribution < -0.4 is 0 Å². The van der Waals surface area contributed by atoms with Crippen molar-refractivity contribution in [2.45, 2.75) is 6.42 Å². The van der Waals surface area contributed by atoms with Crippen LogP contribution in [0.2, 0.25) is 5.02 Å².